The van der Waals surface area contributed by atoms with E-state index in [2.05, 4.69) is 0 Å². The van der Waals surface area contributed by atoms with Gasteiger partial charge in [0.25, 0.3) is 0 Å². The van der Waals surface area contributed by atoms with E-state index in [9.17, 15) is 14.2 Å². The normalized spacial score (nSPS) is 20.6. The summed E-state index contributed by atoms with van der Waals surface area (Å²) in [6.07, 6.45) is 1.32. The highest BCUT2D eigenvalue weighted by atomic mass is 31.2. The molecule has 0 spiro atoms. The Morgan fingerprint density at radius 1 is 1.25 bits per heavy atom. The Bertz CT molecular complexity index is 419. The number of ketones is 1. The minimum atomic E-state index is -2.79. The van der Waals surface area contributed by atoms with Crippen LogP contribution in [-0.2, 0) is 18.7 Å². The number of carbonyl (C=O) groups is 2. The highest BCUT2D eigenvalue weighted by molar-refractivity contribution is 7.59. The summed E-state index contributed by atoms with van der Waals surface area (Å²) in [5, 5.41) is 0. The van der Waals surface area contributed by atoms with E-state index in [1.54, 1.807) is 0 Å². The van der Waals surface area contributed by atoms with Crippen molar-refractivity contribution in [1.29, 1.82) is 0 Å². The van der Waals surface area contributed by atoms with Crippen molar-refractivity contribution >= 4 is 19.1 Å². The molecule has 1 aliphatic heterocycles. The molecule has 0 aromatic heterocycles. The molecule has 1 rings (SSSR count). The molecule has 0 bridgehead atoms. The summed E-state index contributed by atoms with van der Waals surface area (Å²) in [6, 6.07) is 0. The lowest BCUT2D eigenvalue weighted by Crippen LogP contribution is -2.45. The van der Waals surface area contributed by atoms with Gasteiger partial charge in [-0.25, -0.2) is 0 Å². The van der Waals surface area contributed by atoms with Crippen LogP contribution in [0.3, 0.4) is 0 Å². The van der Waals surface area contributed by atoms with Crippen molar-refractivity contribution in [3.05, 3.63) is 0 Å². The lowest BCUT2D eigenvalue weighted by atomic mass is 9.89. The van der Waals surface area contributed by atoms with Crippen molar-refractivity contribution in [2.75, 3.05) is 33.0 Å². The summed E-state index contributed by atoms with van der Waals surface area (Å²) in [6.45, 7) is 8.40. The van der Waals surface area contributed by atoms with Crippen molar-refractivity contribution in [2.45, 2.75) is 33.6 Å². The molecule has 0 saturated carbocycles. The van der Waals surface area contributed by atoms with Gasteiger partial charge < -0.3 is 9.42 Å². The van der Waals surface area contributed by atoms with E-state index in [0.29, 0.717) is 25.9 Å². The summed E-state index contributed by atoms with van der Waals surface area (Å²) in [5.41, 5.74) is -0.383. The van der Waals surface area contributed by atoms with Crippen molar-refractivity contribution in [3.63, 3.8) is 0 Å². The molecule has 6 heteroatoms. The van der Waals surface area contributed by atoms with Crippen molar-refractivity contribution in [3.8, 4) is 0 Å². The van der Waals surface area contributed by atoms with Crippen LogP contribution >= 0.6 is 7.37 Å². The second-order valence-electron chi connectivity index (χ2n) is 6.64. The van der Waals surface area contributed by atoms with Gasteiger partial charge in [0, 0.05) is 38.2 Å². The van der Waals surface area contributed by atoms with Gasteiger partial charge in [0.2, 0.25) is 13.3 Å². The van der Waals surface area contributed by atoms with Gasteiger partial charge in [0.1, 0.15) is 5.78 Å². The number of rotatable bonds is 4. The number of carbonyl (C=O) groups excluding carboxylic acids is 2. The van der Waals surface area contributed by atoms with Crippen molar-refractivity contribution in [1.82, 2.24) is 4.90 Å². The first-order chi connectivity index (χ1) is 9.07. The quantitative estimate of drug-likeness (QED) is 0.748. The molecular weight excluding hydrogens is 277 g/mol. The predicted molar refractivity (Wildman–Crippen MR) is 79.2 cm³/mol. The molecule has 5 nitrogen and oxygen atoms in total. The molecule has 1 atom stereocenters. The standard InChI is InChI=1S/C14H26NO4P/c1-14(2,3)13(17)15-8-6-11(7-9-15)12(16)10-20(5,18)19-4/h11H,6-10H2,1-5H3. The molecule has 0 N–H and O–H groups in total. The third kappa shape index (κ3) is 4.71. The maximum atomic E-state index is 12.1. The van der Waals surface area contributed by atoms with Gasteiger partial charge in [-0.1, -0.05) is 20.8 Å². The minimum absolute atomic E-state index is 0.000501. The zero-order valence-electron chi connectivity index (χ0n) is 13.1. The molecule has 0 aromatic carbocycles. The smallest absolute Gasteiger partial charge is 0.227 e. The fraction of sp³-hybridized carbons (Fsp3) is 0.857. The molecule has 20 heavy (non-hydrogen) atoms. The fourth-order valence-electron chi connectivity index (χ4n) is 2.36. The van der Waals surface area contributed by atoms with Gasteiger partial charge in [0.05, 0.1) is 6.16 Å². The molecule has 1 unspecified atom stereocenters. The zero-order chi connectivity index (χ0) is 15.6. The van der Waals surface area contributed by atoms with E-state index >= 15 is 0 Å². The van der Waals surface area contributed by atoms with Crippen LogP contribution in [0.4, 0.5) is 0 Å². The molecule has 0 aromatic rings. The largest absolute Gasteiger partial charge is 0.342 e. The second kappa shape index (κ2) is 6.40. The SMILES string of the molecule is COP(C)(=O)CC(=O)C1CCN(C(=O)C(C)(C)C)CC1. The lowest BCUT2D eigenvalue weighted by molar-refractivity contribution is -0.142. The molecule has 1 aliphatic rings. The van der Waals surface area contributed by atoms with Gasteiger partial charge in [0.15, 0.2) is 0 Å². The topological polar surface area (TPSA) is 63.7 Å². The van der Waals surface area contributed by atoms with Crippen LogP contribution in [0, 0.1) is 11.3 Å². The van der Waals surface area contributed by atoms with Gasteiger partial charge >= 0.3 is 0 Å². The Morgan fingerprint density at radius 2 is 1.75 bits per heavy atom. The van der Waals surface area contributed by atoms with Gasteiger partial charge in [-0.2, -0.15) is 0 Å². The van der Waals surface area contributed by atoms with E-state index in [1.807, 2.05) is 25.7 Å². The molecule has 1 amide bonds. The van der Waals surface area contributed by atoms with E-state index in [1.165, 1.54) is 13.8 Å². The van der Waals surface area contributed by atoms with E-state index in [-0.39, 0.29) is 29.2 Å². The molecule has 1 saturated heterocycles. The maximum Gasteiger partial charge on any atom is 0.227 e. The number of Topliss-reactive ketones (excluding diaryl/α,β-unsaturated/α-hetero) is 1. The summed E-state index contributed by atoms with van der Waals surface area (Å²) in [7, 11) is -1.41. The number of amides is 1. The van der Waals surface area contributed by atoms with Crippen LogP contribution in [0.5, 0.6) is 0 Å². The summed E-state index contributed by atoms with van der Waals surface area (Å²) in [4.78, 5) is 26.1. The molecule has 0 aliphatic carbocycles. The predicted octanol–water partition coefficient (Wildman–Crippen LogP) is 2.39. The number of likely N-dealkylation sites (tertiary alicyclic amines) is 1. The molecule has 1 fully saturated rings. The lowest BCUT2D eigenvalue weighted by Gasteiger charge is -2.35. The Hall–Kier alpha value is -0.670. The Labute approximate surface area is 121 Å². The maximum absolute atomic E-state index is 12.1. The second-order valence-corrected chi connectivity index (χ2v) is 9.35. The van der Waals surface area contributed by atoms with E-state index in [4.69, 9.17) is 4.52 Å². The third-order valence-corrected chi connectivity index (χ3v) is 5.37. The Balaban J connectivity index is 2.53. The number of hydrogen-bond donors (Lipinski definition) is 0. The summed E-state index contributed by atoms with van der Waals surface area (Å²) >= 11 is 0. The first kappa shape index (κ1) is 17.4. The fourth-order valence-corrected chi connectivity index (χ4v) is 3.31. The molecular formula is C14H26NO4P. The minimum Gasteiger partial charge on any atom is -0.342 e. The number of piperidine rings is 1. The van der Waals surface area contributed by atoms with Crippen molar-refractivity contribution in [2.24, 2.45) is 11.3 Å². The molecule has 1 heterocycles. The Kier molecular flexibility index (Phi) is 5.56. The number of hydrogen-bond acceptors (Lipinski definition) is 4. The van der Waals surface area contributed by atoms with Crippen LogP contribution in [0.2, 0.25) is 0 Å². The van der Waals surface area contributed by atoms with Gasteiger partial charge in [-0.15, -0.1) is 0 Å². The van der Waals surface area contributed by atoms with E-state index in [0.717, 1.165) is 0 Å². The average molecular weight is 303 g/mol. The van der Waals surface area contributed by atoms with Gasteiger partial charge in [-0.05, 0) is 12.8 Å². The average Bonchev–Trinajstić information content (AvgIpc) is 2.36. The zero-order valence-corrected chi connectivity index (χ0v) is 14.0. The molecule has 0 radical (unpaired) electrons. The van der Waals surface area contributed by atoms with Crippen LogP contribution < -0.4 is 0 Å². The van der Waals surface area contributed by atoms with Crippen LogP contribution in [-0.4, -0.2) is 49.6 Å². The molecule has 116 valence electrons. The summed E-state index contributed by atoms with van der Waals surface area (Å²) in [5.74, 6) is 0.0319. The van der Waals surface area contributed by atoms with Crippen LogP contribution in [0.25, 0.3) is 0 Å². The first-order valence-corrected chi connectivity index (χ1v) is 9.27. The van der Waals surface area contributed by atoms with Crippen LogP contribution in [0.15, 0.2) is 0 Å². The third-order valence-electron chi connectivity index (χ3n) is 3.71. The first-order valence-electron chi connectivity index (χ1n) is 7.01. The number of nitrogens with zero attached hydrogens (tertiary/aromatic N) is 1. The van der Waals surface area contributed by atoms with E-state index < -0.39 is 7.37 Å². The van der Waals surface area contributed by atoms with Gasteiger partial charge in [-0.3, -0.25) is 14.2 Å². The van der Waals surface area contributed by atoms with Crippen molar-refractivity contribution < 1.29 is 18.7 Å². The summed E-state index contributed by atoms with van der Waals surface area (Å²) < 4.78 is 16.7. The highest BCUT2D eigenvalue weighted by Crippen LogP contribution is 2.42. The Morgan fingerprint density at radius 3 is 2.15 bits per heavy atom. The monoisotopic (exact) mass is 303 g/mol. The highest BCUT2D eigenvalue weighted by Gasteiger charge is 2.33. The van der Waals surface area contributed by atoms with Crippen LogP contribution in [0.1, 0.15) is 33.6 Å².